The number of anilines is 2. The molecule has 0 aliphatic carbocycles. The number of amides is 3. The normalized spacial score (nSPS) is 14.5. The number of halogens is 1. The second kappa shape index (κ2) is 10.8. The number of nitrogens with one attached hydrogen (secondary N) is 1. The van der Waals surface area contributed by atoms with Crippen LogP contribution in [0.3, 0.4) is 0 Å². The maximum absolute atomic E-state index is 13.5. The average molecular weight is 530 g/mol. The molecule has 11 heteroatoms. The third kappa shape index (κ3) is 5.40. The number of hydrogen-bond donors (Lipinski definition) is 1. The van der Waals surface area contributed by atoms with E-state index in [0.29, 0.717) is 22.1 Å². The third-order valence-electron chi connectivity index (χ3n) is 6.31. The molecule has 2 heterocycles. The first-order valence-corrected chi connectivity index (χ1v) is 12.3. The van der Waals surface area contributed by atoms with Crippen LogP contribution < -0.4 is 10.2 Å². The van der Waals surface area contributed by atoms with Crippen molar-refractivity contribution in [1.29, 1.82) is 0 Å². The van der Waals surface area contributed by atoms with Crippen molar-refractivity contribution in [2.45, 2.75) is 19.4 Å². The van der Waals surface area contributed by atoms with Gasteiger partial charge in [-0.1, -0.05) is 59.6 Å². The minimum Gasteiger partial charge on any atom is -0.324 e. The number of carbonyl (C=O) groups excluding carboxylic acids is 3. The smallest absolute Gasteiger partial charge is 0.247 e. The molecule has 38 heavy (non-hydrogen) atoms. The Balaban J connectivity index is 1.43. The zero-order chi connectivity index (χ0) is 26.6. The second-order valence-electron chi connectivity index (χ2n) is 8.95. The van der Waals surface area contributed by atoms with Gasteiger partial charge in [0.25, 0.3) is 0 Å². The standard InChI is InChI=1S/C27H24ClN7O3/c1-18-7-10-21(11-8-18)30-27(38)24(13-19-5-3-2-4-6-19)34-16-25(36)33(15-26(34)37)23-14-20(28)9-12-22(23)35-17-29-31-32-35/h2-12,14,17,24H,13,15-16H2,1H3,(H,30,38). The summed E-state index contributed by atoms with van der Waals surface area (Å²) in [6, 6.07) is 20.8. The van der Waals surface area contributed by atoms with Gasteiger partial charge in [0, 0.05) is 17.1 Å². The van der Waals surface area contributed by atoms with Gasteiger partial charge in [-0.3, -0.25) is 19.3 Å². The van der Waals surface area contributed by atoms with E-state index in [9.17, 15) is 14.4 Å². The van der Waals surface area contributed by atoms with Crippen LogP contribution in [0.2, 0.25) is 5.02 Å². The molecule has 1 unspecified atom stereocenters. The summed E-state index contributed by atoms with van der Waals surface area (Å²) in [6.07, 6.45) is 1.64. The molecule has 1 aliphatic heterocycles. The van der Waals surface area contributed by atoms with Gasteiger partial charge < -0.3 is 10.2 Å². The third-order valence-corrected chi connectivity index (χ3v) is 6.55. The first kappa shape index (κ1) is 25.1. The van der Waals surface area contributed by atoms with Gasteiger partial charge in [-0.05, 0) is 53.2 Å². The molecule has 3 amide bonds. The maximum atomic E-state index is 13.5. The number of aryl methyl sites for hydroxylation is 1. The summed E-state index contributed by atoms with van der Waals surface area (Å²) in [5.41, 5.74) is 3.43. The molecule has 1 aromatic heterocycles. The Morgan fingerprint density at radius 2 is 1.74 bits per heavy atom. The van der Waals surface area contributed by atoms with Gasteiger partial charge in [0.15, 0.2) is 0 Å². The van der Waals surface area contributed by atoms with Crippen LogP contribution in [0.15, 0.2) is 79.1 Å². The molecule has 3 aromatic carbocycles. The summed E-state index contributed by atoms with van der Waals surface area (Å²) in [5, 5.41) is 14.5. The molecule has 0 spiro atoms. The summed E-state index contributed by atoms with van der Waals surface area (Å²) < 4.78 is 1.39. The van der Waals surface area contributed by atoms with Crippen molar-refractivity contribution in [1.82, 2.24) is 25.1 Å². The molecule has 0 bridgehead atoms. The molecule has 0 saturated carbocycles. The molecule has 1 aliphatic rings. The Morgan fingerprint density at radius 3 is 2.45 bits per heavy atom. The van der Waals surface area contributed by atoms with Crippen LogP contribution in [0.25, 0.3) is 5.69 Å². The first-order chi connectivity index (χ1) is 18.4. The van der Waals surface area contributed by atoms with Crippen LogP contribution in [0.5, 0.6) is 0 Å². The molecule has 4 aromatic rings. The number of nitrogens with zero attached hydrogens (tertiary/aromatic N) is 6. The van der Waals surface area contributed by atoms with Crippen LogP contribution in [0, 0.1) is 6.92 Å². The van der Waals surface area contributed by atoms with Gasteiger partial charge in [-0.25, -0.2) is 0 Å². The summed E-state index contributed by atoms with van der Waals surface area (Å²) >= 11 is 6.23. The molecule has 10 nitrogen and oxygen atoms in total. The van der Waals surface area contributed by atoms with Gasteiger partial charge in [-0.2, -0.15) is 4.68 Å². The van der Waals surface area contributed by atoms with E-state index in [-0.39, 0.29) is 37.2 Å². The lowest BCUT2D eigenvalue weighted by atomic mass is 10.0. The maximum Gasteiger partial charge on any atom is 0.247 e. The monoisotopic (exact) mass is 529 g/mol. The number of carbonyl (C=O) groups is 3. The zero-order valence-corrected chi connectivity index (χ0v) is 21.2. The SMILES string of the molecule is Cc1ccc(NC(=O)C(Cc2ccccc2)N2CC(=O)N(c3cc(Cl)ccc3-n3cnnn3)CC2=O)cc1. The lowest BCUT2D eigenvalue weighted by molar-refractivity contribution is -0.143. The first-order valence-electron chi connectivity index (χ1n) is 11.9. The Kier molecular flexibility index (Phi) is 7.14. The van der Waals surface area contributed by atoms with Gasteiger partial charge in [0.2, 0.25) is 17.7 Å². The topological polar surface area (TPSA) is 113 Å². The Labute approximate surface area is 223 Å². The van der Waals surface area contributed by atoms with Gasteiger partial charge >= 0.3 is 0 Å². The minimum absolute atomic E-state index is 0.255. The molecule has 1 atom stereocenters. The Morgan fingerprint density at radius 1 is 0.974 bits per heavy atom. The number of piperazine rings is 1. The Hall–Kier alpha value is -4.57. The number of benzene rings is 3. The number of tetrazole rings is 1. The van der Waals surface area contributed by atoms with Crippen molar-refractivity contribution < 1.29 is 14.4 Å². The van der Waals surface area contributed by atoms with Crippen LogP contribution in [0.1, 0.15) is 11.1 Å². The summed E-state index contributed by atoms with van der Waals surface area (Å²) in [7, 11) is 0. The molecule has 1 saturated heterocycles. The van der Waals surface area contributed by atoms with Gasteiger partial charge in [0.05, 0.1) is 11.4 Å². The van der Waals surface area contributed by atoms with Gasteiger partial charge in [-0.15, -0.1) is 5.10 Å². The van der Waals surface area contributed by atoms with E-state index in [1.54, 1.807) is 30.3 Å². The lowest BCUT2D eigenvalue weighted by Crippen LogP contribution is -2.60. The fraction of sp³-hybridized carbons (Fsp3) is 0.185. The summed E-state index contributed by atoms with van der Waals surface area (Å²) in [5.74, 6) is -1.10. The van der Waals surface area contributed by atoms with Crippen LogP contribution in [-0.4, -0.2) is 62.0 Å². The van der Waals surface area contributed by atoms with Gasteiger partial charge in [0.1, 0.15) is 25.5 Å². The minimum atomic E-state index is -0.893. The highest BCUT2D eigenvalue weighted by Crippen LogP contribution is 2.30. The largest absolute Gasteiger partial charge is 0.324 e. The molecular weight excluding hydrogens is 506 g/mol. The fourth-order valence-corrected chi connectivity index (χ4v) is 4.53. The fourth-order valence-electron chi connectivity index (χ4n) is 4.36. The summed E-state index contributed by atoms with van der Waals surface area (Å²) in [6.45, 7) is 1.41. The molecule has 192 valence electrons. The predicted octanol–water partition coefficient (Wildman–Crippen LogP) is 3.05. The molecule has 1 fully saturated rings. The van der Waals surface area contributed by atoms with Crippen LogP contribution >= 0.6 is 11.6 Å². The number of hydrogen-bond acceptors (Lipinski definition) is 6. The molecule has 5 rings (SSSR count). The van der Waals surface area contributed by atoms with E-state index in [1.807, 2.05) is 49.4 Å². The zero-order valence-electron chi connectivity index (χ0n) is 20.5. The Bertz CT molecular complexity index is 1460. The molecule has 0 radical (unpaired) electrons. The number of aromatic nitrogens is 4. The van der Waals surface area contributed by atoms with Crippen LogP contribution in [-0.2, 0) is 20.8 Å². The highest BCUT2D eigenvalue weighted by atomic mass is 35.5. The molecular formula is C27H24ClN7O3. The lowest BCUT2D eigenvalue weighted by Gasteiger charge is -2.38. The molecule has 1 N–H and O–H groups in total. The van der Waals surface area contributed by atoms with Crippen molar-refractivity contribution >= 4 is 40.7 Å². The summed E-state index contributed by atoms with van der Waals surface area (Å²) in [4.78, 5) is 43.1. The van der Waals surface area contributed by atoms with Crippen molar-refractivity contribution in [2.75, 3.05) is 23.3 Å². The van der Waals surface area contributed by atoms with E-state index in [1.165, 1.54) is 20.8 Å². The highest BCUT2D eigenvalue weighted by Gasteiger charge is 2.39. The van der Waals surface area contributed by atoms with Crippen LogP contribution in [0.4, 0.5) is 11.4 Å². The highest BCUT2D eigenvalue weighted by molar-refractivity contribution is 6.31. The van der Waals surface area contributed by atoms with E-state index in [0.717, 1.165) is 11.1 Å². The number of rotatable bonds is 7. The average Bonchev–Trinajstić information content (AvgIpc) is 3.45. The van der Waals surface area contributed by atoms with Crippen molar-refractivity contribution in [3.8, 4) is 5.69 Å². The van der Waals surface area contributed by atoms with E-state index in [4.69, 9.17) is 11.6 Å². The van der Waals surface area contributed by atoms with Crippen molar-refractivity contribution in [3.63, 3.8) is 0 Å². The van der Waals surface area contributed by atoms with Crippen molar-refractivity contribution in [2.24, 2.45) is 0 Å². The second-order valence-corrected chi connectivity index (χ2v) is 9.39. The quantitative estimate of drug-likeness (QED) is 0.394. The van der Waals surface area contributed by atoms with E-state index >= 15 is 0 Å². The van der Waals surface area contributed by atoms with E-state index in [2.05, 4.69) is 20.8 Å². The van der Waals surface area contributed by atoms with Crippen molar-refractivity contribution in [3.05, 3.63) is 95.3 Å². The predicted molar refractivity (Wildman–Crippen MR) is 142 cm³/mol. The van der Waals surface area contributed by atoms with E-state index < -0.39 is 6.04 Å².